The molecule has 9 heteroatoms. The first-order chi connectivity index (χ1) is 13.8. The van der Waals surface area contributed by atoms with Crippen molar-refractivity contribution in [2.24, 2.45) is 0 Å². The number of hydrogen-bond acceptors (Lipinski definition) is 6. The Kier molecular flexibility index (Phi) is 6.77. The first-order valence-electron chi connectivity index (χ1n) is 9.22. The lowest BCUT2D eigenvalue weighted by Crippen LogP contribution is -2.28. The van der Waals surface area contributed by atoms with E-state index in [1.54, 1.807) is 65.8 Å². The molecule has 0 atom stereocenters. The molecule has 1 aromatic heterocycles. The van der Waals surface area contributed by atoms with Crippen LogP contribution in [0.4, 0.5) is 20.3 Å². The van der Waals surface area contributed by atoms with Gasteiger partial charge in [-0.3, -0.25) is 10.6 Å². The molecule has 0 aliphatic carbocycles. The van der Waals surface area contributed by atoms with E-state index in [0.29, 0.717) is 10.4 Å². The lowest BCUT2D eigenvalue weighted by Gasteiger charge is -2.20. The third kappa shape index (κ3) is 6.48. The molecule has 0 bridgehead atoms. The van der Waals surface area contributed by atoms with Gasteiger partial charge in [0.15, 0.2) is 0 Å². The van der Waals surface area contributed by atoms with Gasteiger partial charge in [-0.25, -0.2) is 14.4 Å². The maximum absolute atomic E-state index is 12.4. The maximum Gasteiger partial charge on any atom is 0.412 e. The standard InChI is InChI=1S/C21H26N2O6S/c1-20(2,3)28-18(26)22-14-13(17(24)25)16(23-19(27)29-21(4,5)6)30-15(14)12-10-8-7-9-11-12/h7-11H,1-6H3,(H,22,26)(H,23,27)(H,24,25). The van der Waals surface area contributed by atoms with Crippen molar-refractivity contribution in [3.63, 3.8) is 0 Å². The molecule has 3 N–H and O–H groups in total. The Morgan fingerprint density at radius 2 is 1.37 bits per heavy atom. The number of carboxylic acid groups (broad SMARTS) is 1. The highest BCUT2D eigenvalue weighted by atomic mass is 32.1. The molecule has 2 rings (SSSR count). The lowest BCUT2D eigenvalue weighted by molar-refractivity contribution is 0.0626. The van der Waals surface area contributed by atoms with Gasteiger partial charge in [-0.2, -0.15) is 0 Å². The smallest absolute Gasteiger partial charge is 0.412 e. The fourth-order valence-electron chi connectivity index (χ4n) is 2.44. The highest BCUT2D eigenvalue weighted by molar-refractivity contribution is 7.20. The number of carbonyl (C=O) groups is 3. The molecule has 0 radical (unpaired) electrons. The average Bonchev–Trinajstić information content (AvgIpc) is 2.89. The van der Waals surface area contributed by atoms with E-state index >= 15 is 0 Å². The summed E-state index contributed by atoms with van der Waals surface area (Å²) in [6, 6.07) is 8.93. The number of aromatic carboxylic acids is 1. The van der Waals surface area contributed by atoms with Crippen molar-refractivity contribution in [1.29, 1.82) is 0 Å². The predicted octanol–water partition coefficient (Wildman–Crippen LogP) is 5.81. The van der Waals surface area contributed by atoms with Gasteiger partial charge in [-0.15, -0.1) is 11.3 Å². The topological polar surface area (TPSA) is 114 Å². The summed E-state index contributed by atoms with van der Waals surface area (Å²) in [6.07, 6.45) is -1.60. The minimum absolute atomic E-state index is 0.0407. The van der Waals surface area contributed by atoms with Crippen LogP contribution in [-0.2, 0) is 9.47 Å². The van der Waals surface area contributed by atoms with E-state index < -0.39 is 29.4 Å². The minimum atomic E-state index is -1.31. The largest absolute Gasteiger partial charge is 0.478 e. The Hall–Kier alpha value is -3.07. The third-order valence-electron chi connectivity index (χ3n) is 3.40. The van der Waals surface area contributed by atoms with Crippen LogP contribution in [0, 0.1) is 0 Å². The fourth-order valence-corrected chi connectivity index (χ4v) is 3.58. The quantitative estimate of drug-likeness (QED) is 0.560. The molecular formula is C21H26N2O6S. The monoisotopic (exact) mass is 434 g/mol. The molecule has 2 amide bonds. The number of amides is 2. The van der Waals surface area contributed by atoms with Gasteiger partial charge in [0.2, 0.25) is 0 Å². The number of carbonyl (C=O) groups excluding carboxylic acids is 2. The molecule has 0 saturated heterocycles. The molecule has 0 fully saturated rings. The van der Waals surface area contributed by atoms with E-state index in [0.717, 1.165) is 11.3 Å². The van der Waals surface area contributed by atoms with Crippen LogP contribution < -0.4 is 10.6 Å². The van der Waals surface area contributed by atoms with Crippen LogP contribution in [0.3, 0.4) is 0 Å². The maximum atomic E-state index is 12.4. The second-order valence-corrected chi connectivity index (χ2v) is 9.46. The van der Waals surface area contributed by atoms with Crippen molar-refractivity contribution in [3.05, 3.63) is 35.9 Å². The summed E-state index contributed by atoms with van der Waals surface area (Å²) >= 11 is 1.02. The van der Waals surface area contributed by atoms with Crippen molar-refractivity contribution >= 4 is 40.2 Å². The summed E-state index contributed by atoms with van der Waals surface area (Å²) in [5, 5.41) is 14.9. The molecular weight excluding hydrogens is 408 g/mol. The van der Waals surface area contributed by atoms with Crippen molar-refractivity contribution in [2.75, 3.05) is 10.6 Å². The first kappa shape index (κ1) is 23.2. The average molecular weight is 435 g/mol. The molecule has 1 heterocycles. The second kappa shape index (κ2) is 8.74. The zero-order valence-electron chi connectivity index (χ0n) is 17.8. The SMILES string of the molecule is CC(C)(C)OC(=O)Nc1sc(-c2ccccc2)c(NC(=O)OC(C)(C)C)c1C(=O)O. The van der Waals surface area contributed by atoms with Crippen LogP contribution in [0.25, 0.3) is 10.4 Å². The number of thiophene rings is 1. The molecule has 0 unspecified atom stereocenters. The Balaban J connectivity index is 2.53. The number of benzene rings is 1. The summed E-state index contributed by atoms with van der Waals surface area (Å²) in [7, 11) is 0. The molecule has 0 spiro atoms. The van der Waals surface area contributed by atoms with Gasteiger partial charge in [-0.05, 0) is 47.1 Å². The van der Waals surface area contributed by atoms with E-state index in [9.17, 15) is 19.5 Å². The van der Waals surface area contributed by atoms with E-state index in [4.69, 9.17) is 9.47 Å². The highest BCUT2D eigenvalue weighted by Crippen LogP contribution is 2.44. The molecule has 162 valence electrons. The van der Waals surface area contributed by atoms with Gasteiger partial charge in [0.05, 0.1) is 10.6 Å². The van der Waals surface area contributed by atoms with E-state index in [-0.39, 0.29) is 16.3 Å². The molecule has 0 aliphatic rings. The van der Waals surface area contributed by atoms with Crippen molar-refractivity contribution in [2.45, 2.75) is 52.7 Å². The van der Waals surface area contributed by atoms with Crippen LogP contribution in [-0.4, -0.2) is 34.5 Å². The summed E-state index contributed by atoms with van der Waals surface area (Å²) in [5.41, 5.74) is -1.07. The number of ether oxygens (including phenoxy) is 2. The van der Waals surface area contributed by atoms with Crippen molar-refractivity contribution in [1.82, 2.24) is 0 Å². The summed E-state index contributed by atoms with van der Waals surface area (Å²) in [6.45, 7) is 10.2. The normalized spacial score (nSPS) is 11.5. The number of rotatable bonds is 4. The van der Waals surface area contributed by atoms with Gasteiger partial charge in [0, 0.05) is 0 Å². The molecule has 8 nitrogen and oxygen atoms in total. The number of nitrogens with one attached hydrogen (secondary N) is 2. The Bertz CT molecular complexity index is 939. The number of hydrogen-bond donors (Lipinski definition) is 3. The molecule has 30 heavy (non-hydrogen) atoms. The number of carboxylic acids is 1. The van der Waals surface area contributed by atoms with E-state index in [1.807, 2.05) is 6.07 Å². The van der Waals surface area contributed by atoms with Crippen LogP contribution in [0.1, 0.15) is 51.9 Å². The zero-order chi connectivity index (χ0) is 22.7. The molecule has 0 aliphatic heterocycles. The molecule has 1 aromatic carbocycles. The van der Waals surface area contributed by atoms with Gasteiger partial charge in [-0.1, -0.05) is 30.3 Å². The second-order valence-electron chi connectivity index (χ2n) is 8.44. The van der Waals surface area contributed by atoms with Crippen molar-refractivity contribution in [3.8, 4) is 10.4 Å². The van der Waals surface area contributed by atoms with Gasteiger partial charge in [0.25, 0.3) is 0 Å². The highest BCUT2D eigenvalue weighted by Gasteiger charge is 2.29. The third-order valence-corrected chi connectivity index (χ3v) is 4.55. The predicted molar refractivity (Wildman–Crippen MR) is 116 cm³/mol. The van der Waals surface area contributed by atoms with Gasteiger partial charge < -0.3 is 14.6 Å². The van der Waals surface area contributed by atoms with Gasteiger partial charge >= 0.3 is 18.2 Å². The molecule has 2 aromatic rings. The van der Waals surface area contributed by atoms with E-state index in [1.165, 1.54) is 0 Å². The van der Waals surface area contributed by atoms with Crippen LogP contribution in [0.15, 0.2) is 30.3 Å². The summed E-state index contributed by atoms with van der Waals surface area (Å²) < 4.78 is 10.5. The zero-order valence-corrected chi connectivity index (χ0v) is 18.6. The number of anilines is 2. The van der Waals surface area contributed by atoms with E-state index in [2.05, 4.69) is 10.6 Å². The van der Waals surface area contributed by atoms with Crippen LogP contribution in [0.5, 0.6) is 0 Å². The fraction of sp³-hybridized carbons (Fsp3) is 0.381. The van der Waals surface area contributed by atoms with Crippen molar-refractivity contribution < 1.29 is 29.0 Å². The Morgan fingerprint density at radius 3 is 1.83 bits per heavy atom. The summed E-state index contributed by atoms with van der Waals surface area (Å²) in [4.78, 5) is 37.1. The lowest BCUT2D eigenvalue weighted by atomic mass is 10.1. The van der Waals surface area contributed by atoms with Crippen LogP contribution in [0.2, 0.25) is 0 Å². The Labute approximate surface area is 179 Å². The first-order valence-corrected chi connectivity index (χ1v) is 10.0. The summed E-state index contributed by atoms with van der Waals surface area (Å²) in [5.74, 6) is -1.31. The van der Waals surface area contributed by atoms with Gasteiger partial charge in [0.1, 0.15) is 21.8 Å². The molecule has 0 saturated carbocycles. The minimum Gasteiger partial charge on any atom is -0.478 e. The van der Waals surface area contributed by atoms with Crippen LogP contribution >= 0.6 is 11.3 Å². The Morgan fingerprint density at radius 1 is 0.867 bits per heavy atom.